The van der Waals surface area contributed by atoms with E-state index in [2.05, 4.69) is 52.8 Å². The van der Waals surface area contributed by atoms with Gasteiger partial charge in [-0.1, -0.05) is 0 Å². The molecular formula is C49H63N17O9. The molecule has 9 N–H and O–H groups in total. The quantitative estimate of drug-likeness (QED) is 0.0415. The number of aryl methyl sites for hydroxylation is 6. The number of rotatable bonds is 23. The average molecular weight is 1030 g/mol. The summed E-state index contributed by atoms with van der Waals surface area (Å²) in [4.78, 5) is 123. The predicted octanol–water partition coefficient (Wildman–Crippen LogP) is 1.57. The highest BCUT2D eigenvalue weighted by Gasteiger charge is 2.24. The topological polar surface area (TPSA) is 308 Å². The summed E-state index contributed by atoms with van der Waals surface area (Å²) in [5.41, 5.74) is 2.62. The molecule has 0 aliphatic rings. The molecule has 398 valence electrons. The first-order valence-electron chi connectivity index (χ1n) is 23.7. The van der Waals surface area contributed by atoms with Gasteiger partial charge >= 0.3 is 0 Å². The van der Waals surface area contributed by atoms with E-state index in [0.717, 1.165) is 13.0 Å². The molecule has 0 saturated carbocycles. The Balaban J connectivity index is 0.974. The van der Waals surface area contributed by atoms with Crippen molar-refractivity contribution in [3.8, 4) is 0 Å². The van der Waals surface area contributed by atoms with Gasteiger partial charge in [-0.25, -0.2) is 4.98 Å². The first-order chi connectivity index (χ1) is 35.6. The number of carbonyl (C=O) groups is 9. The van der Waals surface area contributed by atoms with Crippen LogP contribution in [0.3, 0.4) is 0 Å². The summed E-state index contributed by atoms with van der Waals surface area (Å²) in [6, 6.07) is 6.31. The molecule has 6 aromatic heterocycles. The zero-order chi connectivity index (χ0) is 54.7. The maximum Gasteiger partial charge on any atom is 0.291 e. The Morgan fingerprint density at radius 3 is 1.31 bits per heavy atom. The van der Waals surface area contributed by atoms with Crippen molar-refractivity contribution in [2.45, 2.75) is 32.2 Å². The summed E-state index contributed by atoms with van der Waals surface area (Å²) in [6.07, 6.45) is 11.8. The minimum Gasteiger partial charge on any atom is -0.356 e. The fourth-order valence-electron chi connectivity index (χ4n) is 7.91. The van der Waals surface area contributed by atoms with Crippen LogP contribution >= 0.6 is 0 Å². The van der Waals surface area contributed by atoms with Crippen LogP contribution in [0, 0.1) is 0 Å². The van der Waals surface area contributed by atoms with Gasteiger partial charge in [-0.15, -0.1) is 0 Å². The van der Waals surface area contributed by atoms with E-state index in [-0.39, 0.29) is 71.8 Å². The van der Waals surface area contributed by atoms with E-state index in [1.54, 1.807) is 87.0 Å². The van der Waals surface area contributed by atoms with Crippen molar-refractivity contribution in [2.75, 3.05) is 66.9 Å². The van der Waals surface area contributed by atoms with Gasteiger partial charge in [0, 0.05) is 119 Å². The molecule has 1 atom stereocenters. The van der Waals surface area contributed by atoms with Gasteiger partial charge < -0.3 is 80.2 Å². The Morgan fingerprint density at radius 2 is 0.907 bits per heavy atom. The van der Waals surface area contributed by atoms with Crippen molar-refractivity contribution in [2.24, 2.45) is 42.3 Å². The smallest absolute Gasteiger partial charge is 0.291 e. The maximum atomic E-state index is 13.5. The molecular weight excluding hydrogens is 971 g/mol. The van der Waals surface area contributed by atoms with Crippen molar-refractivity contribution in [3.05, 3.63) is 108 Å². The first-order valence-corrected chi connectivity index (χ1v) is 23.7. The fourth-order valence-corrected chi connectivity index (χ4v) is 7.91. The third-order valence-electron chi connectivity index (χ3n) is 11.7. The van der Waals surface area contributed by atoms with E-state index in [1.165, 1.54) is 63.4 Å². The van der Waals surface area contributed by atoms with Crippen molar-refractivity contribution in [1.29, 1.82) is 0 Å². The lowest BCUT2D eigenvalue weighted by Gasteiger charge is -2.17. The van der Waals surface area contributed by atoms with E-state index in [0.29, 0.717) is 29.3 Å². The van der Waals surface area contributed by atoms with Gasteiger partial charge in [0.1, 0.15) is 34.5 Å². The normalized spacial score (nSPS) is 11.4. The fraction of sp³-hybridized carbons (Fsp3) is 0.347. The first kappa shape index (κ1) is 55.1. The van der Waals surface area contributed by atoms with Crippen LogP contribution in [0.15, 0.2) is 73.7 Å². The molecule has 6 aromatic rings. The highest BCUT2D eigenvalue weighted by molar-refractivity contribution is 6.09. The lowest BCUT2D eigenvalue weighted by Crippen LogP contribution is -2.45. The minimum absolute atomic E-state index is 0.0121. The Hall–Kier alpha value is -9.20. The minimum atomic E-state index is -1.09. The molecule has 0 bridgehead atoms. The van der Waals surface area contributed by atoms with E-state index in [9.17, 15) is 43.2 Å². The summed E-state index contributed by atoms with van der Waals surface area (Å²) in [5, 5.41) is 24.6. The molecule has 9 amide bonds. The largest absolute Gasteiger partial charge is 0.356 e. The third-order valence-corrected chi connectivity index (χ3v) is 11.7. The number of aromatic nitrogens is 7. The van der Waals surface area contributed by atoms with Crippen molar-refractivity contribution < 1.29 is 43.2 Å². The molecule has 26 nitrogen and oxygen atoms in total. The summed E-state index contributed by atoms with van der Waals surface area (Å²) in [5.74, 6) is -4.03. The molecule has 26 heteroatoms. The monoisotopic (exact) mass is 1030 g/mol. The van der Waals surface area contributed by atoms with Crippen LogP contribution < -0.4 is 47.9 Å². The SMILES string of the molecule is CC(=O)N[C@H](CCNC(=O)c1cc(NC(=O)c2cc(NC(=O)c3nccn3C)cn2C)cn1C)C(=O)Nc1cc(C(=O)Nc2cc(C(=O)Nc3cc(C(=O)NCCC(=O)NCCCN(C)C)n(C)c3)n(C)c2)n(C)c1. The maximum absolute atomic E-state index is 13.5. The number of anilines is 5. The van der Waals surface area contributed by atoms with Crippen molar-refractivity contribution in [3.63, 3.8) is 0 Å². The molecule has 0 radical (unpaired) electrons. The van der Waals surface area contributed by atoms with E-state index in [4.69, 9.17) is 0 Å². The number of amides is 9. The Labute approximate surface area is 431 Å². The van der Waals surface area contributed by atoms with Gasteiger partial charge in [-0.3, -0.25) is 43.2 Å². The lowest BCUT2D eigenvalue weighted by atomic mass is 10.1. The van der Waals surface area contributed by atoms with Gasteiger partial charge in [0.05, 0.1) is 28.4 Å². The van der Waals surface area contributed by atoms with E-state index >= 15 is 0 Å². The molecule has 0 aromatic carbocycles. The Bertz CT molecular complexity index is 3130. The standard InChI is InChI=1S/C49H63N17O9/c1-29(67)54-35(11-14-52-44(70)36-19-31(25-62(36)5)57-48(74)40-23-34(28-66(40)9)59-49(75)42-51-16-18-61(42)4)43(69)55-30-21-38(64(7)24-30)46(72)58-33-22-39(65(8)27-33)47(73)56-32-20-37(63(6)26-32)45(71)53-15-12-41(68)50-13-10-17-60(2)3/h16,18-28,35H,10-15,17H2,1-9H3,(H,50,68)(H,52,70)(H,53,71)(H,54,67)(H,55,69)(H,56,73)(H,57,74)(H,58,72)(H,59,75)/t35-/m1/s1. The lowest BCUT2D eigenvalue weighted by molar-refractivity contribution is -0.125. The van der Waals surface area contributed by atoms with Crippen LogP contribution in [0.4, 0.5) is 28.4 Å². The van der Waals surface area contributed by atoms with Gasteiger partial charge in [0.25, 0.3) is 35.4 Å². The molecule has 6 rings (SSSR count). The zero-order valence-corrected chi connectivity index (χ0v) is 43.2. The van der Waals surface area contributed by atoms with Gasteiger partial charge in [0.15, 0.2) is 5.82 Å². The predicted molar refractivity (Wildman–Crippen MR) is 278 cm³/mol. The van der Waals surface area contributed by atoms with Gasteiger partial charge in [-0.05, 0) is 63.8 Å². The van der Waals surface area contributed by atoms with Crippen molar-refractivity contribution >= 4 is 81.6 Å². The molecule has 6 heterocycles. The second kappa shape index (κ2) is 24.5. The van der Waals surface area contributed by atoms with Crippen LogP contribution in [-0.2, 0) is 56.7 Å². The number of hydrogen-bond donors (Lipinski definition) is 9. The average Bonchev–Trinajstić information content (AvgIpc) is 4.21. The van der Waals surface area contributed by atoms with Crippen LogP contribution in [0.2, 0.25) is 0 Å². The zero-order valence-electron chi connectivity index (χ0n) is 43.2. The molecule has 0 spiro atoms. The molecule has 0 saturated heterocycles. The Morgan fingerprint density at radius 1 is 0.507 bits per heavy atom. The van der Waals surface area contributed by atoms with Crippen LogP contribution in [0.1, 0.15) is 89.2 Å². The van der Waals surface area contributed by atoms with Gasteiger partial charge in [0.2, 0.25) is 17.7 Å². The van der Waals surface area contributed by atoms with Gasteiger partial charge in [-0.2, -0.15) is 0 Å². The molecule has 0 aliphatic heterocycles. The number of carbonyl (C=O) groups excluding carboxylic acids is 9. The number of hydrogen-bond acceptors (Lipinski definition) is 11. The van der Waals surface area contributed by atoms with Crippen LogP contribution in [0.5, 0.6) is 0 Å². The summed E-state index contributed by atoms with van der Waals surface area (Å²) in [7, 11) is 13.7. The third kappa shape index (κ3) is 14.7. The highest BCUT2D eigenvalue weighted by atomic mass is 16.2. The second-order valence-electron chi connectivity index (χ2n) is 18.1. The molecule has 0 unspecified atom stereocenters. The number of nitrogens with zero attached hydrogens (tertiary/aromatic N) is 8. The molecule has 0 aliphatic carbocycles. The summed E-state index contributed by atoms with van der Waals surface area (Å²) in [6.45, 7) is 2.73. The molecule has 75 heavy (non-hydrogen) atoms. The van der Waals surface area contributed by atoms with E-state index < -0.39 is 53.3 Å². The van der Waals surface area contributed by atoms with Crippen LogP contribution in [-0.4, -0.2) is 137 Å². The van der Waals surface area contributed by atoms with Crippen LogP contribution in [0.25, 0.3) is 0 Å². The Kier molecular flexibility index (Phi) is 18.0. The second-order valence-corrected chi connectivity index (χ2v) is 18.1. The summed E-state index contributed by atoms with van der Waals surface area (Å²) < 4.78 is 9.17. The number of nitrogens with one attached hydrogen (secondary N) is 9. The number of imidazole rings is 1. The molecule has 0 fully saturated rings. The summed E-state index contributed by atoms with van der Waals surface area (Å²) >= 11 is 0. The highest BCUT2D eigenvalue weighted by Crippen LogP contribution is 2.21. The van der Waals surface area contributed by atoms with E-state index in [1.807, 2.05) is 19.0 Å². The van der Waals surface area contributed by atoms with Crippen molar-refractivity contribution in [1.82, 2.24) is 58.6 Å².